The molecule has 0 N–H and O–H groups in total. The molecule has 0 bridgehead atoms. The molecule has 0 aliphatic heterocycles. The Labute approximate surface area is 128 Å². The van der Waals surface area contributed by atoms with Gasteiger partial charge in [-0.2, -0.15) is 0 Å². The summed E-state index contributed by atoms with van der Waals surface area (Å²) in [5, 5.41) is 10.3. The third-order valence-corrected chi connectivity index (χ3v) is 4.57. The van der Waals surface area contributed by atoms with Gasteiger partial charge >= 0.3 is 0 Å². The van der Waals surface area contributed by atoms with Gasteiger partial charge in [-0.15, -0.1) is 10.2 Å². The monoisotopic (exact) mass is 305 g/mol. The van der Waals surface area contributed by atoms with E-state index in [0.717, 1.165) is 17.5 Å². The molecule has 0 unspecified atom stereocenters. The molecule has 0 saturated heterocycles. The zero-order valence-electron chi connectivity index (χ0n) is 11.1. The van der Waals surface area contributed by atoms with Crippen LogP contribution in [0.4, 0.5) is 0 Å². The average Bonchev–Trinajstić information content (AvgIpc) is 3.21. The standard InChI is InChI=1S/C15H16ClN3S/c1-11(16)10-20-15-18-17-14(13-7-8-13)19(15)9-12-5-3-2-4-6-12/h2-6,13H,1,7-10H2. The van der Waals surface area contributed by atoms with Gasteiger partial charge in [-0.05, 0) is 18.4 Å². The Kier molecular flexibility index (Phi) is 4.13. The van der Waals surface area contributed by atoms with E-state index in [2.05, 4.69) is 45.6 Å². The summed E-state index contributed by atoms with van der Waals surface area (Å²) >= 11 is 7.45. The summed E-state index contributed by atoms with van der Waals surface area (Å²) in [4.78, 5) is 0. The predicted molar refractivity (Wildman–Crippen MR) is 83.3 cm³/mol. The van der Waals surface area contributed by atoms with E-state index in [1.54, 1.807) is 11.8 Å². The molecule has 0 spiro atoms. The van der Waals surface area contributed by atoms with E-state index in [9.17, 15) is 0 Å². The van der Waals surface area contributed by atoms with Crippen LogP contribution in [0.15, 0.2) is 47.1 Å². The molecule has 1 fully saturated rings. The van der Waals surface area contributed by atoms with E-state index >= 15 is 0 Å². The van der Waals surface area contributed by atoms with E-state index in [-0.39, 0.29) is 0 Å². The number of thioether (sulfide) groups is 1. The third kappa shape index (κ3) is 3.25. The lowest BCUT2D eigenvalue weighted by Gasteiger charge is -2.09. The van der Waals surface area contributed by atoms with Gasteiger partial charge < -0.3 is 4.57 Å². The Balaban J connectivity index is 1.85. The third-order valence-electron chi connectivity index (χ3n) is 3.23. The fourth-order valence-electron chi connectivity index (χ4n) is 2.11. The second kappa shape index (κ2) is 6.02. The van der Waals surface area contributed by atoms with Crippen LogP contribution in [0.2, 0.25) is 0 Å². The molecule has 0 amide bonds. The molecule has 1 saturated carbocycles. The molecule has 2 aromatic rings. The molecule has 1 aromatic heterocycles. The fraction of sp³-hybridized carbons (Fsp3) is 0.333. The van der Waals surface area contributed by atoms with Crippen molar-refractivity contribution in [3.05, 3.63) is 53.3 Å². The number of hydrogen-bond donors (Lipinski definition) is 0. The zero-order chi connectivity index (χ0) is 13.9. The first kappa shape index (κ1) is 13.7. The molecule has 1 aliphatic carbocycles. The number of nitrogens with zero attached hydrogens (tertiary/aromatic N) is 3. The van der Waals surface area contributed by atoms with Crippen LogP contribution >= 0.6 is 23.4 Å². The molecular weight excluding hydrogens is 290 g/mol. The smallest absolute Gasteiger partial charge is 0.191 e. The highest BCUT2D eigenvalue weighted by Gasteiger charge is 2.30. The first-order chi connectivity index (χ1) is 9.74. The van der Waals surface area contributed by atoms with Gasteiger partial charge in [-0.1, -0.05) is 60.3 Å². The molecule has 104 valence electrons. The molecule has 1 aromatic carbocycles. The first-order valence-corrected chi connectivity index (χ1v) is 8.03. The van der Waals surface area contributed by atoms with E-state index in [1.807, 2.05) is 6.07 Å². The van der Waals surface area contributed by atoms with Gasteiger partial charge in [0.15, 0.2) is 5.16 Å². The minimum absolute atomic E-state index is 0.583. The Morgan fingerprint density at radius 1 is 1.30 bits per heavy atom. The van der Waals surface area contributed by atoms with Crippen molar-refractivity contribution in [1.29, 1.82) is 0 Å². The molecule has 0 atom stereocenters. The van der Waals surface area contributed by atoms with Crippen LogP contribution in [0.5, 0.6) is 0 Å². The van der Waals surface area contributed by atoms with Gasteiger partial charge in [0.05, 0.1) is 6.54 Å². The van der Waals surface area contributed by atoms with Crippen LogP contribution < -0.4 is 0 Å². The quantitative estimate of drug-likeness (QED) is 0.754. The molecule has 1 heterocycles. The van der Waals surface area contributed by atoms with Crippen LogP contribution in [-0.4, -0.2) is 20.5 Å². The minimum atomic E-state index is 0.583. The summed E-state index contributed by atoms with van der Waals surface area (Å²) < 4.78 is 2.22. The topological polar surface area (TPSA) is 30.7 Å². The second-order valence-electron chi connectivity index (χ2n) is 4.99. The number of benzene rings is 1. The highest BCUT2D eigenvalue weighted by atomic mass is 35.5. The van der Waals surface area contributed by atoms with Crippen molar-refractivity contribution in [2.75, 3.05) is 5.75 Å². The Morgan fingerprint density at radius 2 is 2.05 bits per heavy atom. The summed E-state index contributed by atoms with van der Waals surface area (Å²) in [6.07, 6.45) is 2.44. The van der Waals surface area contributed by atoms with Crippen molar-refractivity contribution in [2.45, 2.75) is 30.5 Å². The van der Waals surface area contributed by atoms with Crippen LogP contribution in [0.25, 0.3) is 0 Å². The molecule has 0 radical (unpaired) electrons. The summed E-state index contributed by atoms with van der Waals surface area (Å²) in [6.45, 7) is 4.54. The number of rotatable bonds is 6. The van der Waals surface area contributed by atoms with Crippen molar-refractivity contribution >= 4 is 23.4 Å². The van der Waals surface area contributed by atoms with Crippen molar-refractivity contribution in [3.63, 3.8) is 0 Å². The van der Waals surface area contributed by atoms with Gasteiger partial charge in [-0.25, -0.2) is 0 Å². The molecule has 1 aliphatic rings. The Bertz CT molecular complexity index is 605. The normalized spacial score (nSPS) is 14.4. The Hall–Kier alpha value is -1.26. The van der Waals surface area contributed by atoms with Gasteiger partial charge in [-0.3, -0.25) is 0 Å². The van der Waals surface area contributed by atoms with E-state index in [1.165, 1.54) is 18.4 Å². The van der Waals surface area contributed by atoms with Crippen molar-refractivity contribution in [2.24, 2.45) is 0 Å². The Morgan fingerprint density at radius 3 is 2.70 bits per heavy atom. The van der Waals surface area contributed by atoms with Crippen LogP contribution in [0.1, 0.15) is 30.1 Å². The summed E-state index contributed by atoms with van der Waals surface area (Å²) in [5.74, 6) is 2.36. The maximum Gasteiger partial charge on any atom is 0.191 e. The molecule has 3 rings (SSSR count). The highest BCUT2D eigenvalue weighted by molar-refractivity contribution is 7.99. The summed E-state index contributed by atoms with van der Waals surface area (Å²) in [7, 11) is 0. The first-order valence-electron chi connectivity index (χ1n) is 6.67. The van der Waals surface area contributed by atoms with Gasteiger partial charge in [0.2, 0.25) is 0 Å². The van der Waals surface area contributed by atoms with Gasteiger partial charge in [0.1, 0.15) is 5.82 Å². The highest BCUT2D eigenvalue weighted by Crippen LogP contribution is 2.40. The molecular formula is C15H16ClN3S. The molecule has 3 nitrogen and oxygen atoms in total. The van der Waals surface area contributed by atoms with Crippen LogP contribution in [0.3, 0.4) is 0 Å². The lowest BCUT2D eigenvalue weighted by Crippen LogP contribution is -2.06. The maximum absolute atomic E-state index is 5.85. The van der Waals surface area contributed by atoms with Crippen LogP contribution in [0, 0.1) is 0 Å². The lowest BCUT2D eigenvalue weighted by molar-refractivity contribution is 0.668. The number of hydrogen-bond acceptors (Lipinski definition) is 3. The van der Waals surface area contributed by atoms with E-state index in [4.69, 9.17) is 11.6 Å². The number of aromatic nitrogens is 3. The van der Waals surface area contributed by atoms with Gasteiger partial charge in [0.25, 0.3) is 0 Å². The van der Waals surface area contributed by atoms with Crippen molar-refractivity contribution < 1.29 is 0 Å². The molecule has 20 heavy (non-hydrogen) atoms. The van der Waals surface area contributed by atoms with Crippen LogP contribution in [-0.2, 0) is 6.54 Å². The molecule has 5 heteroatoms. The predicted octanol–water partition coefficient (Wildman–Crippen LogP) is 4.05. The zero-order valence-corrected chi connectivity index (χ0v) is 12.7. The van der Waals surface area contributed by atoms with E-state index < -0.39 is 0 Å². The second-order valence-corrected chi connectivity index (χ2v) is 6.47. The number of halogens is 1. The summed E-state index contributed by atoms with van der Waals surface area (Å²) in [6, 6.07) is 10.4. The van der Waals surface area contributed by atoms with Gasteiger partial charge in [0, 0.05) is 16.7 Å². The van der Waals surface area contributed by atoms with E-state index in [0.29, 0.717) is 16.7 Å². The van der Waals surface area contributed by atoms with Crippen molar-refractivity contribution in [1.82, 2.24) is 14.8 Å². The maximum atomic E-state index is 5.85. The fourth-order valence-corrected chi connectivity index (χ4v) is 2.97. The SMILES string of the molecule is C=C(Cl)CSc1nnc(C2CC2)n1Cc1ccccc1. The average molecular weight is 306 g/mol. The van der Waals surface area contributed by atoms with Crippen molar-refractivity contribution in [3.8, 4) is 0 Å². The minimum Gasteiger partial charge on any atom is -0.301 e. The largest absolute Gasteiger partial charge is 0.301 e. The summed E-state index contributed by atoms with van der Waals surface area (Å²) in [5.41, 5.74) is 1.26. The lowest BCUT2D eigenvalue weighted by atomic mass is 10.2.